The minimum Gasteiger partial charge on any atom is -0.506 e. The Labute approximate surface area is 103 Å². The minimum absolute atomic E-state index is 0.385. The molecule has 1 aromatic rings. The second-order valence-electron chi connectivity index (χ2n) is 3.66. The molecule has 0 radical (unpaired) electrons. The van der Waals surface area contributed by atoms with E-state index in [1.165, 1.54) is 0 Å². The summed E-state index contributed by atoms with van der Waals surface area (Å²) < 4.78 is 75.4. The van der Waals surface area contributed by atoms with Crippen LogP contribution in [0.1, 0.15) is 17.0 Å². The molecule has 0 unspecified atom stereocenters. The Morgan fingerprint density at radius 1 is 1.11 bits per heavy atom. The van der Waals surface area contributed by atoms with Crippen LogP contribution in [-0.4, -0.2) is 17.5 Å². The minimum atomic E-state index is -5.58. The van der Waals surface area contributed by atoms with Crippen molar-refractivity contribution in [2.24, 2.45) is 0 Å². The first-order chi connectivity index (χ1) is 8.48. The number of rotatable bonds is 1. The van der Waals surface area contributed by atoms with Crippen LogP contribution in [0.5, 0.6) is 5.75 Å². The summed E-state index contributed by atoms with van der Waals surface area (Å²) in [6.45, 7) is 0. The van der Waals surface area contributed by atoms with Crippen molar-refractivity contribution in [1.82, 2.24) is 0 Å². The highest BCUT2D eigenvalue weighted by Gasteiger charge is 2.58. The van der Waals surface area contributed by atoms with Crippen molar-refractivity contribution >= 4 is 5.69 Å². The number of aromatic hydroxyl groups is 1. The van der Waals surface area contributed by atoms with Crippen LogP contribution in [0.25, 0.3) is 0 Å². The van der Waals surface area contributed by atoms with E-state index in [0.29, 0.717) is 12.1 Å². The van der Waals surface area contributed by atoms with E-state index in [1.54, 1.807) is 5.92 Å². The molecule has 0 aromatic heterocycles. The van der Waals surface area contributed by atoms with Crippen LogP contribution in [0.2, 0.25) is 0 Å². The third-order valence-electron chi connectivity index (χ3n) is 2.32. The van der Waals surface area contributed by atoms with Crippen LogP contribution in [0.4, 0.5) is 32.0 Å². The molecule has 0 aliphatic heterocycles. The van der Waals surface area contributed by atoms with E-state index in [2.05, 4.69) is 0 Å². The van der Waals surface area contributed by atoms with Crippen molar-refractivity contribution in [1.29, 1.82) is 0 Å². The van der Waals surface area contributed by atoms with Gasteiger partial charge in [-0.25, -0.2) is 0 Å². The maximum absolute atomic E-state index is 12.6. The van der Waals surface area contributed by atoms with Gasteiger partial charge < -0.3 is 10.8 Å². The average molecular weight is 283 g/mol. The van der Waals surface area contributed by atoms with E-state index in [4.69, 9.17) is 17.3 Å². The van der Waals surface area contributed by atoms with Gasteiger partial charge in [0.15, 0.2) is 5.92 Å². The summed E-state index contributed by atoms with van der Waals surface area (Å²) in [6.07, 6.45) is -6.29. The molecule has 1 rings (SSSR count). The topological polar surface area (TPSA) is 46.2 Å². The van der Waals surface area contributed by atoms with Crippen molar-refractivity contribution in [3.8, 4) is 18.1 Å². The molecule has 0 atom stereocenters. The lowest BCUT2D eigenvalue weighted by Gasteiger charge is -2.24. The smallest absolute Gasteiger partial charge is 0.404 e. The number of halogens is 6. The molecule has 0 saturated carbocycles. The lowest BCUT2D eigenvalue weighted by atomic mass is 9.92. The predicted molar refractivity (Wildman–Crippen MR) is 55.3 cm³/mol. The molecule has 0 saturated heterocycles. The molecule has 8 heteroatoms. The Bertz CT molecular complexity index is 512. The second-order valence-corrected chi connectivity index (χ2v) is 3.66. The molecular weight excluding hydrogens is 276 g/mol. The van der Waals surface area contributed by atoms with Gasteiger partial charge >= 0.3 is 12.4 Å². The Kier molecular flexibility index (Phi) is 3.61. The van der Waals surface area contributed by atoms with E-state index < -0.39 is 40.8 Å². The van der Waals surface area contributed by atoms with E-state index in [-0.39, 0.29) is 0 Å². The number of nitrogen functional groups attached to an aromatic ring is 1. The van der Waals surface area contributed by atoms with E-state index in [9.17, 15) is 26.3 Å². The number of phenols is 1. The van der Waals surface area contributed by atoms with Crippen LogP contribution in [0.3, 0.4) is 0 Å². The summed E-state index contributed by atoms with van der Waals surface area (Å²) in [5.41, 5.74) is 2.57. The van der Waals surface area contributed by atoms with Gasteiger partial charge in [-0.3, -0.25) is 0 Å². The summed E-state index contributed by atoms with van der Waals surface area (Å²) in [4.78, 5) is 0. The molecule has 0 heterocycles. The maximum atomic E-state index is 12.6. The number of phenolic OH excluding ortho intramolecular Hbond substituents is 1. The number of nitrogens with two attached hydrogens (primary N) is 1. The molecule has 19 heavy (non-hydrogen) atoms. The summed E-state index contributed by atoms with van der Waals surface area (Å²) >= 11 is 0. The summed E-state index contributed by atoms with van der Waals surface area (Å²) in [6, 6.07) is 0.977. The Morgan fingerprint density at radius 2 is 1.58 bits per heavy atom. The predicted octanol–water partition coefficient (Wildman–Crippen LogP) is 3.16. The van der Waals surface area contributed by atoms with E-state index in [1.807, 2.05) is 0 Å². The zero-order valence-electron chi connectivity index (χ0n) is 9.10. The molecule has 0 aliphatic rings. The number of anilines is 1. The Morgan fingerprint density at radius 3 is 1.95 bits per heavy atom. The van der Waals surface area contributed by atoms with Gasteiger partial charge in [-0.05, 0) is 17.7 Å². The van der Waals surface area contributed by atoms with Gasteiger partial charge in [-0.2, -0.15) is 26.3 Å². The van der Waals surface area contributed by atoms with E-state index in [0.717, 1.165) is 0 Å². The van der Waals surface area contributed by atoms with Gasteiger partial charge in [0.2, 0.25) is 0 Å². The first kappa shape index (κ1) is 15.0. The van der Waals surface area contributed by atoms with Gasteiger partial charge in [0, 0.05) is 5.56 Å². The fourth-order valence-corrected chi connectivity index (χ4v) is 1.52. The van der Waals surface area contributed by atoms with E-state index >= 15 is 0 Å². The van der Waals surface area contributed by atoms with Crippen molar-refractivity contribution in [2.45, 2.75) is 18.3 Å². The molecule has 2 nitrogen and oxygen atoms in total. The zero-order chi connectivity index (χ0) is 15.0. The number of terminal acetylenes is 1. The number of hydrogen-bond acceptors (Lipinski definition) is 2. The fraction of sp³-hybridized carbons (Fsp3) is 0.273. The van der Waals surface area contributed by atoms with Crippen molar-refractivity contribution in [3.63, 3.8) is 0 Å². The SMILES string of the molecule is C#Cc1cc(O)c(N)cc1C(C(F)(F)F)C(F)(F)F. The molecule has 0 bridgehead atoms. The molecule has 104 valence electrons. The first-order valence-electron chi connectivity index (χ1n) is 4.71. The van der Waals surface area contributed by atoms with Crippen molar-refractivity contribution < 1.29 is 31.4 Å². The molecule has 3 N–H and O–H groups in total. The lowest BCUT2D eigenvalue weighted by molar-refractivity contribution is -0.253. The third-order valence-corrected chi connectivity index (χ3v) is 2.32. The molecular formula is C11H7F6NO. The number of hydrogen-bond donors (Lipinski definition) is 2. The fourth-order valence-electron chi connectivity index (χ4n) is 1.52. The summed E-state index contributed by atoms with van der Waals surface area (Å²) in [5.74, 6) is -2.76. The molecule has 1 aromatic carbocycles. The molecule has 0 amide bonds. The highest BCUT2D eigenvalue weighted by Crippen LogP contribution is 2.48. The summed E-state index contributed by atoms with van der Waals surface area (Å²) in [5, 5.41) is 9.16. The highest BCUT2D eigenvalue weighted by atomic mass is 19.4. The van der Waals surface area contributed by atoms with Gasteiger partial charge in [-0.15, -0.1) is 6.42 Å². The van der Waals surface area contributed by atoms with Crippen LogP contribution in [-0.2, 0) is 0 Å². The average Bonchev–Trinajstić information content (AvgIpc) is 2.18. The summed E-state index contributed by atoms with van der Waals surface area (Å²) in [7, 11) is 0. The van der Waals surface area contributed by atoms with Gasteiger partial charge in [0.1, 0.15) is 5.75 Å². The van der Waals surface area contributed by atoms with Crippen molar-refractivity contribution in [2.75, 3.05) is 5.73 Å². The van der Waals surface area contributed by atoms with Gasteiger partial charge in [0.25, 0.3) is 0 Å². The van der Waals surface area contributed by atoms with Gasteiger partial charge in [-0.1, -0.05) is 5.92 Å². The lowest BCUT2D eigenvalue weighted by Crippen LogP contribution is -2.34. The van der Waals surface area contributed by atoms with Crippen LogP contribution in [0.15, 0.2) is 12.1 Å². The number of alkyl halides is 6. The Hall–Kier alpha value is -2.04. The first-order valence-corrected chi connectivity index (χ1v) is 4.71. The normalized spacial score (nSPS) is 12.5. The molecule has 0 spiro atoms. The third kappa shape index (κ3) is 3.05. The second kappa shape index (κ2) is 4.57. The quantitative estimate of drug-likeness (QED) is 0.360. The standard InChI is InChI=1S/C11H7F6NO/c1-2-5-3-8(19)7(18)4-6(5)9(10(12,13)14)11(15,16)17/h1,3-4,9,19H,18H2. The highest BCUT2D eigenvalue weighted by molar-refractivity contribution is 5.60. The monoisotopic (exact) mass is 283 g/mol. The van der Waals surface area contributed by atoms with Crippen LogP contribution < -0.4 is 5.73 Å². The van der Waals surface area contributed by atoms with Crippen LogP contribution in [0, 0.1) is 12.3 Å². The van der Waals surface area contributed by atoms with Gasteiger partial charge in [0.05, 0.1) is 5.69 Å². The molecule has 0 aliphatic carbocycles. The zero-order valence-corrected chi connectivity index (χ0v) is 9.10. The van der Waals surface area contributed by atoms with Crippen molar-refractivity contribution in [3.05, 3.63) is 23.3 Å². The van der Waals surface area contributed by atoms with Crippen LogP contribution >= 0.6 is 0 Å². The Balaban J connectivity index is 3.57. The largest absolute Gasteiger partial charge is 0.506 e. The molecule has 0 fully saturated rings. The number of benzene rings is 1. The maximum Gasteiger partial charge on any atom is 0.404 e.